The molecule has 126 valence electrons. The van der Waals surface area contributed by atoms with Crippen molar-refractivity contribution in [2.45, 2.75) is 4.90 Å². The zero-order valence-electron chi connectivity index (χ0n) is 12.9. The lowest BCUT2D eigenvalue weighted by Gasteiger charge is -2.08. The van der Waals surface area contributed by atoms with Gasteiger partial charge in [0.2, 0.25) is 0 Å². The highest BCUT2D eigenvalue weighted by Crippen LogP contribution is 2.25. The van der Waals surface area contributed by atoms with E-state index >= 15 is 0 Å². The van der Waals surface area contributed by atoms with E-state index in [4.69, 9.17) is 4.18 Å². The first-order valence-electron chi connectivity index (χ1n) is 7.30. The Balaban J connectivity index is 1.84. The van der Waals surface area contributed by atoms with Crippen molar-refractivity contribution < 1.29 is 17.5 Å². The van der Waals surface area contributed by atoms with Gasteiger partial charge < -0.3 is 4.18 Å². The molecule has 0 saturated carbocycles. The van der Waals surface area contributed by atoms with E-state index in [0.29, 0.717) is 0 Å². The molecule has 0 aliphatic carbocycles. The van der Waals surface area contributed by atoms with E-state index in [-0.39, 0.29) is 16.3 Å². The number of non-ortho nitro benzene ring substituents is 1. The summed E-state index contributed by atoms with van der Waals surface area (Å²) in [5.74, 6) is 0.131. The average Bonchev–Trinajstić information content (AvgIpc) is 2.63. The summed E-state index contributed by atoms with van der Waals surface area (Å²) >= 11 is 0. The number of nitro groups is 1. The predicted octanol–water partition coefficient (Wildman–Crippen LogP) is 4.03. The quantitative estimate of drug-likeness (QED) is 0.392. The van der Waals surface area contributed by atoms with Crippen molar-refractivity contribution in [2.75, 3.05) is 0 Å². The summed E-state index contributed by atoms with van der Waals surface area (Å²) in [5.41, 5.74) is 1.60. The Bertz CT molecular complexity index is 999. The van der Waals surface area contributed by atoms with Crippen LogP contribution in [0.5, 0.6) is 5.75 Å². The molecule has 0 aliphatic rings. The first-order chi connectivity index (χ1) is 12.0. The van der Waals surface area contributed by atoms with E-state index in [1.54, 1.807) is 12.1 Å². The molecule has 0 atom stereocenters. The minimum Gasteiger partial charge on any atom is -0.379 e. The van der Waals surface area contributed by atoms with Gasteiger partial charge in [-0.1, -0.05) is 48.5 Å². The lowest BCUT2D eigenvalue weighted by atomic mass is 10.1. The molecule has 3 aromatic rings. The van der Waals surface area contributed by atoms with Crippen LogP contribution in [0.1, 0.15) is 0 Å². The van der Waals surface area contributed by atoms with Crippen LogP contribution in [0.25, 0.3) is 11.1 Å². The fourth-order valence-corrected chi connectivity index (χ4v) is 3.23. The van der Waals surface area contributed by atoms with Crippen LogP contribution in [0.3, 0.4) is 0 Å². The van der Waals surface area contributed by atoms with Crippen LogP contribution in [0.15, 0.2) is 83.8 Å². The third-order valence-electron chi connectivity index (χ3n) is 3.48. The van der Waals surface area contributed by atoms with Gasteiger partial charge in [0.1, 0.15) is 10.6 Å². The lowest BCUT2D eigenvalue weighted by molar-refractivity contribution is -0.385. The third kappa shape index (κ3) is 3.84. The molecular weight excluding hydrogens is 342 g/mol. The first kappa shape index (κ1) is 16.7. The second kappa shape index (κ2) is 6.74. The second-order valence-corrected chi connectivity index (χ2v) is 6.73. The summed E-state index contributed by atoms with van der Waals surface area (Å²) in [4.78, 5) is 9.85. The van der Waals surface area contributed by atoms with Crippen LogP contribution >= 0.6 is 0 Å². The first-order valence-corrected chi connectivity index (χ1v) is 8.71. The van der Waals surface area contributed by atoms with Crippen molar-refractivity contribution in [1.29, 1.82) is 0 Å². The summed E-state index contributed by atoms with van der Waals surface area (Å²) in [7, 11) is -4.15. The molecular formula is C18H13NO5S. The van der Waals surface area contributed by atoms with Gasteiger partial charge in [0.25, 0.3) is 5.69 Å². The molecule has 0 saturated heterocycles. The third-order valence-corrected chi connectivity index (χ3v) is 4.73. The molecule has 6 nitrogen and oxygen atoms in total. The average molecular weight is 355 g/mol. The molecule has 0 aliphatic heterocycles. The molecule has 0 amide bonds. The monoisotopic (exact) mass is 355 g/mol. The Morgan fingerprint density at radius 1 is 0.800 bits per heavy atom. The van der Waals surface area contributed by atoms with Gasteiger partial charge in [-0.05, 0) is 29.3 Å². The maximum atomic E-state index is 12.3. The van der Waals surface area contributed by atoms with Crippen LogP contribution in [0.2, 0.25) is 0 Å². The topological polar surface area (TPSA) is 86.5 Å². The molecule has 0 heterocycles. The van der Waals surface area contributed by atoms with E-state index in [9.17, 15) is 18.5 Å². The highest BCUT2D eigenvalue weighted by molar-refractivity contribution is 7.87. The second-order valence-electron chi connectivity index (χ2n) is 5.18. The molecule has 0 aromatic heterocycles. The number of hydrogen-bond donors (Lipinski definition) is 0. The number of benzene rings is 3. The molecule has 3 aromatic carbocycles. The molecule has 0 unspecified atom stereocenters. The van der Waals surface area contributed by atoms with Crippen LogP contribution in [0, 0.1) is 10.1 Å². The van der Waals surface area contributed by atoms with Gasteiger partial charge in [-0.25, -0.2) is 0 Å². The van der Waals surface area contributed by atoms with Crippen molar-refractivity contribution in [3.63, 3.8) is 0 Å². The van der Waals surface area contributed by atoms with Crippen LogP contribution < -0.4 is 4.18 Å². The zero-order chi connectivity index (χ0) is 17.9. The summed E-state index contributed by atoms with van der Waals surface area (Å²) in [5, 5.41) is 10.8. The predicted molar refractivity (Wildman–Crippen MR) is 92.8 cm³/mol. The summed E-state index contributed by atoms with van der Waals surface area (Å²) in [6.45, 7) is 0. The molecule has 7 heteroatoms. The Morgan fingerprint density at radius 3 is 2.08 bits per heavy atom. The van der Waals surface area contributed by atoms with Gasteiger partial charge in [0.05, 0.1) is 4.92 Å². The Morgan fingerprint density at radius 2 is 1.44 bits per heavy atom. The van der Waals surface area contributed by atoms with Gasteiger partial charge in [0, 0.05) is 12.1 Å². The van der Waals surface area contributed by atoms with E-state index in [0.717, 1.165) is 17.2 Å². The highest BCUT2D eigenvalue weighted by Gasteiger charge is 2.19. The van der Waals surface area contributed by atoms with E-state index in [1.807, 2.05) is 30.3 Å². The minimum atomic E-state index is -4.15. The van der Waals surface area contributed by atoms with Crippen molar-refractivity contribution in [3.8, 4) is 16.9 Å². The number of nitrogens with zero attached hydrogens (tertiary/aromatic N) is 1. The Labute approximate surface area is 144 Å². The van der Waals surface area contributed by atoms with E-state index < -0.39 is 15.0 Å². The molecule has 0 spiro atoms. The van der Waals surface area contributed by atoms with Gasteiger partial charge in [-0.3, -0.25) is 10.1 Å². The standard InChI is InChI=1S/C18H13NO5S/c20-19(21)16-7-4-8-18(13-16)25(22,23)24-17-11-9-15(10-12-17)14-5-2-1-3-6-14/h1-13H. The van der Waals surface area contributed by atoms with Gasteiger partial charge in [-0.15, -0.1) is 0 Å². The lowest BCUT2D eigenvalue weighted by Crippen LogP contribution is -2.10. The smallest absolute Gasteiger partial charge is 0.339 e. The number of hydrogen-bond acceptors (Lipinski definition) is 5. The molecule has 0 bridgehead atoms. The maximum Gasteiger partial charge on any atom is 0.339 e. The van der Waals surface area contributed by atoms with Crippen LogP contribution in [-0.4, -0.2) is 13.3 Å². The summed E-state index contributed by atoms with van der Waals surface area (Å²) < 4.78 is 29.6. The summed E-state index contributed by atoms with van der Waals surface area (Å²) in [6.07, 6.45) is 0. The van der Waals surface area contributed by atoms with Crippen molar-refractivity contribution in [3.05, 3.63) is 89.0 Å². The van der Waals surface area contributed by atoms with Crippen molar-refractivity contribution >= 4 is 15.8 Å². The largest absolute Gasteiger partial charge is 0.379 e. The molecule has 0 fully saturated rings. The van der Waals surface area contributed by atoms with Gasteiger partial charge >= 0.3 is 10.1 Å². The van der Waals surface area contributed by atoms with Crippen molar-refractivity contribution in [2.24, 2.45) is 0 Å². The zero-order valence-corrected chi connectivity index (χ0v) is 13.7. The maximum absolute atomic E-state index is 12.3. The van der Waals surface area contributed by atoms with Crippen molar-refractivity contribution in [1.82, 2.24) is 0 Å². The fraction of sp³-hybridized carbons (Fsp3) is 0. The molecule has 0 N–H and O–H groups in total. The SMILES string of the molecule is O=[N+]([O-])c1cccc(S(=O)(=O)Oc2ccc(-c3ccccc3)cc2)c1. The summed E-state index contributed by atoms with van der Waals surface area (Å²) in [6, 6.07) is 20.9. The fourth-order valence-electron chi connectivity index (χ4n) is 2.26. The van der Waals surface area contributed by atoms with Gasteiger partial charge in [0.15, 0.2) is 0 Å². The van der Waals surface area contributed by atoms with E-state index in [2.05, 4.69) is 0 Å². The number of rotatable bonds is 5. The molecule has 25 heavy (non-hydrogen) atoms. The normalized spacial score (nSPS) is 11.0. The minimum absolute atomic E-state index is 0.131. The van der Waals surface area contributed by atoms with E-state index in [1.165, 1.54) is 30.3 Å². The Hall–Kier alpha value is -3.19. The number of nitro benzene ring substituents is 1. The molecule has 0 radical (unpaired) electrons. The Kier molecular flexibility index (Phi) is 4.49. The molecule has 3 rings (SSSR count). The van der Waals surface area contributed by atoms with Crippen LogP contribution in [0.4, 0.5) is 5.69 Å². The highest BCUT2D eigenvalue weighted by atomic mass is 32.2. The van der Waals surface area contributed by atoms with Gasteiger partial charge in [-0.2, -0.15) is 8.42 Å². The van der Waals surface area contributed by atoms with Crippen LogP contribution in [-0.2, 0) is 10.1 Å².